The number of aromatic nitrogens is 2. The Hall–Kier alpha value is -1.72. The fourth-order valence-electron chi connectivity index (χ4n) is 2.19. The highest BCUT2D eigenvalue weighted by Gasteiger charge is 2.12. The molecule has 6 heteroatoms. The fourth-order valence-corrected chi connectivity index (χ4v) is 2.70. The second kappa shape index (κ2) is 5.24. The van der Waals surface area contributed by atoms with Crippen LogP contribution in [0.5, 0.6) is 0 Å². The van der Waals surface area contributed by atoms with Gasteiger partial charge in [-0.1, -0.05) is 11.6 Å². The van der Waals surface area contributed by atoms with E-state index in [1.807, 2.05) is 0 Å². The van der Waals surface area contributed by atoms with Gasteiger partial charge in [-0.15, -0.1) is 0 Å². The monoisotopic (exact) mass is 366 g/mol. The van der Waals surface area contributed by atoms with Crippen LogP contribution in [-0.2, 0) is 0 Å². The Morgan fingerprint density at radius 3 is 2.71 bits per heavy atom. The molecule has 0 spiro atoms. The minimum atomic E-state index is -0.399. The summed E-state index contributed by atoms with van der Waals surface area (Å²) in [6.45, 7) is 1.76. The number of rotatable bonds is 1. The third-order valence-electron chi connectivity index (χ3n) is 3.12. The molecule has 1 N–H and O–H groups in total. The van der Waals surface area contributed by atoms with Crippen molar-refractivity contribution in [2.24, 2.45) is 0 Å². The van der Waals surface area contributed by atoms with E-state index in [-0.39, 0.29) is 11.1 Å². The van der Waals surface area contributed by atoms with Gasteiger partial charge < -0.3 is 0 Å². The van der Waals surface area contributed by atoms with Crippen molar-refractivity contribution in [3.63, 3.8) is 0 Å². The number of nitrogens with zero attached hydrogens (tertiary/aromatic N) is 1. The molecule has 0 amide bonds. The number of hydrogen-bond acceptors (Lipinski definition) is 2. The van der Waals surface area contributed by atoms with E-state index in [1.54, 1.807) is 25.1 Å². The van der Waals surface area contributed by atoms with E-state index in [1.165, 1.54) is 12.1 Å². The highest BCUT2D eigenvalue weighted by atomic mass is 79.9. The van der Waals surface area contributed by atoms with E-state index in [0.29, 0.717) is 26.0 Å². The highest BCUT2D eigenvalue weighted by molar-refractivity contribution is 9.10. The zero-order valence-corrected chi connectivity index (χ0v) is 13.2. The molecule has 0 bridgehead atoms. The van der Waals surface area contributed by atoms with Gasteiger partial charge in [0, 0.05) is 10.0 Å². The van der Waals surface area contributed by atoms with Crippen LogP contribution < -0.4 is 5.43 Å². The molecule has 1 heterocycles. The van der Waals surface area contributed by atoms with E-state index < -0.39 is 5.82 Å². The van der Waals surface area contributed by atoms with E-state index in [2.05, 4.69) is 26.1 Å². The standard InChI is InChI=1S/C15H9BrClFN2O/c1-7-2-8(4-9(18)3-7)14-15(21)10-5-11(16)12(17)6-13(10)19-20-14/h2-6H,1H3,(H,19,21). The third-order valence-corrected chi connectivity index (χ3v) is 4.32. The average molecular weight is 368 g/mol. The lowest BCUT2D eigenvalue weighted by Gasteiger charge is -2.05. The summed E-state index contributed by atoms with van der Waals surface area (Å²) in [5.41, 5.74) is 1.61. The molecule has 0 atom stereocenters. The van der Waals surface area contributed by atoms with E-state index in [9.17, 15) is 9.18 Å². The molecule has 2 aromatic carbocycles. The number of aromatic amines is 1. The Balaban J connectivity index is 2.32. The van der Waals surface area contributed by atoms with Gasteiger partial charge in [0.25, 0.3) is 0 Å². The molecule has 1 aromatic heterocycles. The van der Waals surface area contributed by atoms with Crippen molar-refractivity contribution < 1.29 is 4.39 Å². The lowest BCUT2D eigenvalue weighted by molar-refractivity contribution is 0.627. The maximum absolute atomic E-state index is 13.5. The molecule has 0 unspecified atom stereocenters. The van der Waals surface area contributed by atoms with Crippen LogP contribution in [-0.4, -0.2) is 10.2 Å². The van der Waals surface area contributed by atoms with Crippen LogP contribution in [0.2, 0.25) is 5.02 Å². The Kier molecular flexibility index (Phi) is 3.55. The van der Waals surface area contributed by atoms with Crippen LogP contribution in [0.25, 0.3) is 22.2 Å². The molecule has 0 aliphatic heterocycles. The minimum Gasteiger partial charge on any atom is -0.287 e. The van der Waals surface area contributed by atoms with Crippen molar-refractivity contribution in [1.82, 2.24) is 10.2 Å². The Bertz CT molecular complexity index is 903. The Labute approximate surface area is 132 Å². The summed E-state index contributed by atoms with van der Waals surface area (Å²) in [6, 6.07) is 7.66. The van der Waals surface area contributed by atoms with Crippen LogP contribution in [0.15, 0.2) is 39.6 Å². The number of hydrogen-bond donors (Lipinski definition) is 1. The molecule has 0 aliphatic rings. The molecule has 0 fully saturated rings. The molecule has 3 rings (SSSR count). The van der Waals surface area contributed by atoms with Crippen molar-refractivity contribution in [3.8, 4) is 11.3 Å². The second-order valence-electron chi connectivity index (χ2n) is 4.73. The van der Waals surface area contributed by atoms with Gasteiger partial charge in [-0.25, -0.2) is 4.39 Å². The summed E-state index contributed by atoms with van der Waals surface area (Å²) in [5, 5.41) is 7.76. The number of nitrogens with one attached hydrogen (secondary N) is 1. The van der Waals surface area contributed by atoms with E-state index in [4.69, 9.17) is 11.6 Å². The maximum Gasteiger partial charge on any atom is 0.215 e. The zero-order valence-electron chi connectivity index (χ0n) is 10.9. The zero-order chi connectivity index (χ0) is 15.1. The SMILES string of the molecule is Cc1cc(F)cc(-c2n[nH]c3cc(Cl)c(Br)cc3c2=O)c1. The first-order chi connectivity index (χ1) is 9.95. The first kappa shape index (κ1) is 14.2. The van der Waals surface area contributed by atoms with E-state index in [0.717, 1.165) is 5.56 Å². The summed E-state index contributed by atoms with van der Waals surface area (Å²) in [6.07, 6.45) is 0. The lowest BCUT2D eigenvalue weighted by Crippen LogP contribution is -2.10. The van der Waals surface area contributed by atoms with Crippen molar-refractivity contribution in [3.05, 3.63) is 61.4 Å². The predicted molar refractivity (Wildman–Crippen MR) is 85.2 cm³/mol. The first-order valence-corrected chi connectivity index (χ1v) is 7.28. The molecule has 21 heavy (non-hydrogen) atoms. The molecule has 3 aromatic rings. The van der Waals surface area contributed by atoms with Gasteiger partial charge in [0.2, 0.25) is 5.43 Å². The molecule has 0 saturated carbocycles. The second-order valence-corrected chi connectivity index (χ2v) is 5.99. The molecule has 3 nitrogen and oxygen atoms in total. The number of aryl methyl sites for hydroxylation is 1. The fraction of sp³-hybridized carbons (Fsp3) is 0.0667. The normalized spacial score (nSPS) is 11.0. The highest BCUT2D eigenvalue weighted by Crippen LogP contribution is 2.26. The van der Waals surface area contributed by atoms with Crippen LogP contribution in [0.4, 0.5) is 4.39 Å². The molecule has 0 aliphatic carbocycles. The molecule has 0 saturated heterocycles. The first-order valence-electron chi connectivity index (χ1n) is 6.11. The number of benzene rings is 2. The van der Waals surface area contributed by atoms with Crippen LogP contribution in [0, 0.1) is 12.7 Å². The summed E-state index contributed by atoms with van der Waals surface area (Å²) < 4.78 is 14.1. The van der Waals surface area contributed by atoms with Crippen LogP contribution in [0.1, 0.15) is 5.56 Å². The predicted octanol–water partition coefficient (Wildman–Crippen LogP) is 4.45. The van der Waals surface area contributed by atoms with Gasteiger partial charge in [-0.3, -0.25) is 9.89 Å². The summed E-state index contributed by atoms with van der Waals surface area (Å²) in [7, 11) is 0. The molecular weight excluding hydrogens is 359 g/mol. The lowest BCUT2D eigenvalue weighted by atomic mass is 10.1. The van der Waals surface area contributed by atoms with Gasteiger partial charge >= 0.3 is 0 Å². The van der Waals surface area contributed by atoms with Crippen molar-refractivity contribution in [2.45, 2.75) is 6.92 Å². The number of fused-ring (bicyclic) bond motifs is 1. The Morgan fingerprint density at radius 2 is 2.00 bits per heavy atom. The third kappa shape index (κ3) is 2.59. The van der Waals surface area contributed by atoms with Crippen LogP contribution >= 0.6 is 27.5 Å². The summed E-state index contributed by atoms with van der Waals surface area (Å²) in [5.74, 6) is -0.399. The maximum atomic E-state index is 13.5. The van der Waals surface area contributed by atoms with Crippen molar-refractivity contribution >= 4 is 38.4 Å². The van der Waals surface area contributed by atoms with Gasteiger partial charge in [-0.05, 0) is 58.7 Å². The minimum absolute atomic E-state index is 0.180. The largest absolute Gasteiger partial charge is 0.287 e. The average Bonchev–Trinajstić information content (AvgIpc) is 2.40. The summed E-state index contributed by atoms with van der Waals surface area (Å²) >= 11 is 9.28. The number of H-pyrrole nitrogens is 1. The van der Waals surface area contributed by atoms with Gasteiger partial charge in [-0.2, -0.15) is 5.10 Å². The van der Waals surface area contributed by atoms with Gasteiger partial charge in [0.15, 0.2) is 0 Å². The smallest absolute Gasteiger partial charge is 0.215 e. The van der Waals surface area contributed by atoms with E-state index >= 15 is 0 Å². The van der Waals surface area contributed by atoms with Crippen molar-refractivity contribution in [2.75, 3.05) is 0 Å². The van der Waals surface area contributed by atoms with Crippen molar-refractivity contribution in [1.29, 1.82) is 0 Å². The van der Waals surface area contributed by atoms with Gasteiger partial charge in [0.1, 0.15) is 11.5 Å². The quantitative estimate of drug-likeness (QED) is 0.690. The summed E-state index contributed by atoms with van der Waals surface area (Å²) in [4.78, 5) is 12.5. The Morgan fingerprint density at radius 1 is 1.24 bits per heavy atom. The molecular formula is C15H9BrClFN2O. The van der Waals surface area contributed by atoms with Gasteiger partial charge in [0.05, 0.1) is 15.9 Å². The van der Waals surface area contributed by atoms with Crippen LogP contribution in [0.3, 0.4) is 0 Å². The topological polar surface area (TPSA) is 45.8 Å². The number of halogens is 3. The molecule has 0 radical (unpaired) electrons. The molecule has 106 valence electrons.